The maximum atomic E-state index is 6.39. The van der Waals surface area contributed by atoms with Gasteiger partial charge >= 0.3 is 0 Å². The van der Waals surface area contributed by atoms with E-state index in [2.05, 4.69) is 28.3 Å². The van der Waals surface area contributed by atoms with Crippen LogP contribution < -0.4 is 0 Å². The summed E-state index contributed by atoms with van der Waals surface area (Å²) < 4.78 is 1.91. The minimum atomic E-state index is 0.361. The highest BCUT2D eigenvalue weighted by atomic mass is 35.5. The van der Waals surface area contributed by atoms with Gasteiger partial charge in [-0.3, -0.25) is 0 Å². The molecule has 0 spiro atoms. The van der Waals surface area contributed by atoms with E-state index < -0.39 is 0 Å². The van der Waals surface area contributed by atoms with Crippen molar-refractivity contribution in [1.29, 1.82) is 0 Å². The van der Waals surface area contributed by atoms with Crippen LogP contribution >= 0.6 is 23.2 Å². The van der Waals surface area contributed by atoms with E-state index in [4.69, 9.17) is 28.0 Å². The normalized spacial score (nSPS) is 11.7. The molecular weight excluding hydrogens is 393 g/mol. The van der Waals surface area contributed by atoms with Gasteiger partial charge < -0.3 is 9.40 Å². The first kappa shape index (κ1) is 18.5. The Bertz CT molecular complexity index is 1120. The van der Waals surface area contributed by atoms with Gasteiger partial charge in [-0.15, -0.1) is 0 Å². The second-order valence-corrected chi connectivity index (χ2v) is 7.15. The number of imidazole rings is 1. The van der Waals surface area contributed by atoms with Gasteiger partial charge in [-0.1, -0.05) is 70.8 Å². The highest BCUT2D eigenvalue weighted by Gasteiger charge is 2.11. The molecule has 0 atom stereocenters. The van der Waals surface area contributed by atoms with E-state index >= 15 is 0 Å². The first-order valence-corrected chi connectivity index (χ1v) is 9.53. The highest BCUT2D eigenvalue weighted by Crippen LogP contribution is 2.23. The Balaban J connectivity index is 1.61. The van der Waals surface area contributed by atoms with Gasteiger partial charge in [-0.05, 0) is 34.5 Å². The van der Waals surface area contributed by atoms with Crippen LogP contribution in [-0.2, 0) is 18.0 Å². The van der Waals surface area contributed by atoms with E-state index in [9.17, 15) is 0 Å². The number of halogens is 2. The molecule has 4 rings (SSSR count). The Morgan fingerprint density at radius 1 is 1.04 bits per heavy atom. The zero-order valence-electron chi connectivity index (χ0n) is 14.9. The van der Waals surface area contributed by atoms with Gasteiger partial charge in [0.1, 0.15) is 12.3 Å². The van der Waals surface area contributed by atoms with Crippen molar-refractivity contribution in [2.45, 2.75) is 13.2 Å². The molecule has 0 aliphatic heterocycles. The molecular formula is C22H17Cl2N3O. The molecule has 0 saturated heterocycles. The van der Waals surface area contributed by atoms with Crippen molar-refractivity contribution in [2.24, 2.45) is 5.16 Å². The maximum absolute atomic E-state index is 6.39. The minimum absolute atomic E-state index is 0.361. The predicted octanol–water partition coefficient (Wildman–Crippen LogP) is 5.96. The van der Waals surface area contributed by atoms with Crippen LogP contribution in [0.1, 0.15) is 11.1 Å². The third-order valence-electron chi connectivity index (χ3n) is 4.41. The summed E-state index contributed by atoms with van der Waals surface area (Å²) >= 11 is 12.4. The summed E-state index contributed by atoms with van der Waals surface area (Å²) in [4.78, 5) is 9.82. The van der Waals surface area contributed by atoms with E-state index in [1.807, 2.05) is 41.1 Å². The lowest BCUT2D eigenvalue weighted by Gasteiger charge is -2.11. The molecule has 28 heavy (non-hydrogen) atoms. The summed E-state index contributed by atoms with van der Waals surface area (Å²) in [6.45, 7) is 0.844. The summed E-state index contributed by atoms with van der Waals surface area (Å²) in [6, 6.07) is 19.7. The van der Waals surface area contributed by atoms with Gasteiger partial charge in [0, 0.05) is 23.0 Å². The van der Waals surface area contributed by atoms with Crippen molar-refractivity contribution in [1.82, 2.24) is 9.55 Å². The Labute approximate surface area is 173 Å². The number of hydrogen-bond donors (Lipinski definition) is 0. The quantitative estimate of drug-likeness (QED) is 0.291. The second-order valence-electron chi connectivity index (χ2n) is 6.31. The minimum Gasteiger partial charge on any atom is -0.391 e. The van der Waals surface area contributed by atoms with Crippen LogP contribution in [0.25, 0.3) is 10.8 Å². The van der Waals surface area contributed by atoms with Gasteiger partial charge in [0.05, 0.1) is 17.9 Å². The van der Waals surface area contributed by atoms with Crippen LogP contribution in [0, 0.1) is 0 Å². The van der Waals surface area contributed by atoms with Crippen molar-refractivity contribution in [3.05, 3.63) is 101 Å². The molecule has 0 amide bonds. The molecule has 0 fully saturated rings. The zero-order chi connectivity index (χ0) is 19.3. The van der Waals surface area contributed by atoms with Crippen molar-refractivity contribution in [3.63, 3.8) is 0 Å². The van der Waals surface area contributed by atoms with Gasteiger partial charge in [-0.25, -0.2) is 4.98 Å². The average molecular weight is 410 g/mol. The zero-order valence-corrected chi connectivity index (χ0v) is 16.4. The van der Waals surface area contributed by atoms with Crippen molar-refractivity contribution in [3.8, 4) is 0 Å². The van der Waals surface area contributed by atoms with Crippen LogP contribution in [-0.4, -0.2) is 15.3 Å². The number of aromatic nitrogens is 2. The number of fused-ring (bicyclic) bond motifs is 1. The van der Waals surface area contributed by atoms with Crippen LogP contribution in [0.15, 0.2) is 84.5 Å². The molecule has 1 aromatic heterocycles. The summed E-state index contributed by atoms with van der Waals surface area (Å²) in [5.41, 5.74) is 2.55. The molecule has 4 nitrogen and oxygen atoms in total. The van der Waals surface area contributed by atoms with E-state index in [-0.39, 0.29) is 0 Å². The first-order chi connectivity index (χ1) is 13.7. The number of rotatable bonds is 6. The van der Waals surface area contributed by atoms with E-state index in [0.29, 0.717) is 28.9 Å². The van der Waals surface area contributed by atoms with E-state index in [0.717, 1.165) is 16.5 Å². The monoisotopic (exact) mass is 409 g/mol. The van der Waals surface area contributed by atoms with Gasteiger partial charge in [0.25, 0.3) is 0 Å². The van der Waals surface area contributed by atoms with Crippen LogP contribution in [0.3, 0.4) is 0 Å². The van der Waals surface area contributed by atoms with E-state index in [1.165, 1.54) is 5.39 Å². The number of hydrogen-bond acceptors (Lipinski definition) is 3. The Morgan fingerprint density at radius 3 is 2.71 bits per heavy atom. The lowest BCUT2D eigenvalue weighted by atomic mass is 10.1. The fourth-order valence-electron chi connectivity index (χ4n) is 3.04. The molecule has 3 aromatic carbocycles. The average Bonchev–Trinajstić information content (AvgIpc) is 3.21. The summed E-state index contributed by atoms with van der Waals surface area (Å²) in [6.07, 6.45) is 5.31. The molecule has 140 valence electrons. The fraction of sp³-hybridized carbons (Fsp3) is 0.0909. The molecule has 0 aliphatic rings. The Morgan fingerprint density at radius 2 is 1.89 bits per heavy atom. The predicted molar refractivity (Wildman–Crippen MR) is 114 cm³/mol. The molecule has 0 aliphatic carbocycles. The molecule has 0 unspecified atom stereocenters. The van der Waals surface area contributed by atoms with Crippen molar-refractivity contribution >= 4 is 39.7 Å². The molecule has 0 radical (unpaired) electrons. The summed E-state index contributed by atoms with van der Waals surface area (Å²) in [7, 11) is 0. The molecule has 1 heterocycles. The lowest BCUT2D eigenvalue weighted by Crippen LogP contribution is -2.12. The highest BCUT2D eigenvalue weighted by molar-refractivity contribution is 6.37. The maximum Gasteiger partial charge on any atom is 0.142 e. The Kier molecular flexibility index (Phi) is 5.60. The SMILES string of the molecule is Clc1ccc(/C(Cn2ccnc2)=N/OCc2cccc3ccccc23)c(Cl)c1. The largest absolute Gasteiger partial charge is 0.391 e. The van der Waals surface area contributed by atoms with Crippen LogP contribution in [0.4, 0.5) is 0 Å². The van der Waals surface area contributed by atoms with Crippen molar-refractivity contribution in [2.75, 3.05) is 0 Å². The lowest BCUT2D eigenvalue weighted by molar-refractivity contribution is 0.131. The smallest absolute Gasteiger partial charge is 0.142 e. The fourth-order valence-corrected chi connectivity index (χ4v) is 3.56. The van der Waals surface area contributed by atoms with Gasteiger partial charge in [0.2, 0.25) is 0 Å². The number of nitrogens with zero attached hydrogens (tertiary/aromatic N) is 3. The summed E-state index contributed by atoms with van der Waals surface area (Å²) in [5.74, 6) is 0. The van der Waals surface area contributed by atoms with Gasteiger partial charge in [-0.2, -0.15) is 0 Å². The third kappa shape index (κ3) is 4.19. The number of oxime groups is 1. The molecule has 0 saturated carbocycles. The van der Waals surface area contributed by atoms with E-state index in [1.54, 1.807) is 24.7 Å². The molecule has 0 bridgehead atoms. The topological polar surface area (TPSA) is 39.4 Å². The van der Waals surface area contributed by atoms with Crippen LogP contribution in [0.2, 0.25) is 10.0 Å². The molecule has 0 N–H and O–H groups in total. The summed E-state index contributed by atoms with van der Waals surface area (Å²) in [5, 5.41) is 7.83. The first-order valence-electron chi connectivity index (χ1n) is 8.77. The van der Waals surface area contributed by atoms with Gasteiger partial charge in [0.15, 0.2) is 0 Å². The molecule has 6 heteroatoms. The molecule has 4 aromatic rings. The second kappa shape index (κ2) is 8.46. The number of benzene rings is 3. The van der Waals surface area contributed by atoms with Crippen LogP contribution in [0.5, 0.6) is 0 Å². The Hall–Kier alpha value is -2.82. The van der Waals surface area contributed by atoms with Crippen molar-refractivity contribution < 1.29 is 4.84 Å². The standard InChI is InChI=1S/C22H17Cl2N3O/c23-18-8-9-20(21(24)12-18)22(13-27-11-10-25-15-27)26-28-14-17-6-3-5-16-4-1-2-7-19(16)17/h1-12,15H,13-14H2/b26-22+. The third-order valence-corrected chi connectivity index (χ3v) is 4.96.